The summed E-state index contributed by atoms with van der Waals surface area (Å²) >= 11 is 5.47. The van der Waals surface area contributed by atoms with Crippen molar-refractivity contribution in [2.75, 3.05) is 0 Å². The summed E-state index contributed by atoms with van der Waals surface area (Å²) in [6, 6.07) is 70.0. The van der Waals surface area contributed by atoms with E-state index in [2.05, 4.69) is 199 Å². The molecule has 9 aromatic carbocycles. The predicted octanol–water partition coefficient (Wildman–Crippen LogP) is 16.7. The molecule has 298 valence electrons. The fourth-order valence-corrected chi connectivity index (χ4v) is 13.5. The summed E-state index contributed by atoms with van der Waals surface area (Å²) in [5.41, 5.74) is 8.50. The normalized spacial score (nSPS) is 12.1. The molecule has 7 heteroatoms. The Balaban J connectivity index is 1.06. The first-order valence-electron chi connectivity index (χ1n) is 21.3. The minimum absolute atomic E-state index is 0.628. The molecule has 0 saturated carbocycles. The molecule has 0 radical (unpaired) electrons. The van der Waals surface area contributed by atoms with E-state index in [1.54, 1.807) is 22.7 Å². The molecular formula is C57H32N4S3. The number of rotatable bonds is 5. The third-order valence-electron chi connectivity index (χ3n) is 12.6. The molecule has 0 bridgehead atoms. The van der Waals surface area contributed by atoms with Crippen molar-refractivity contribution in [3.63, 3.8) is 0 Å². The summed E-state index contributed by atoms with van der Waals surface area (Å²) in [5, 5.41) is 10.0. The molecule has 5 heterocycles. The Morgan fingerprint density at radius 2 is 0.797 bits per heavy atom. The van der Waals surface area contributed by atoms with Crippen molar-refractivity contribution in [2.45, 2.75) is 0 Å². The second-order valence-electron chi connectivity index (χ2n) is 16.3. The van der Waals surface area contributed by atoms with Crippen LogP contribution < -0.4 is 0 Å². The fraction of sp³-hybridized carbons (Fsp3) is 0. The van der Waals surface area contributed by atoms with Crippen molar-refractivity contribution in [3.05, 3.63) is 194 Å². The van der Waals surface area contributed by atoms with Crippen LogP contribution in [0.2, 0.25) is 0 Å². The Morgan fingerprint density at radius 3 is 1.42 bits per heavy atom. The van der Waals surface area contributed by atoms with Gasteiger partial charge in [0.1, 0.15) is 0 Å². The predicted molar refractivity (Wildman–Crippen MR) is 275 cm³/mol. The number of hydrogen-bond acceptors (Lipinski definition) is 6. The van der Waals surface area contributed by atoms with Crippen LogP contribution >= 0.6 is 34.0 Å². The Morgan fingerprint density at radius 1 is 0.312 bits per heavy atom. The summed E-state index contributed by atoms with van der Waals surface area (Å²) in [5.74, 6) is 1.94. The maximum Gasteiger partial charge on any atom is 0.165 e. The third kappa shape index (κ3) is 5.42. The van der Waals surface area contributed by atoms with Crippen molar-refractivity contribution in [1.82, 2.24) is 19.5 Å². The van der Waals surface area contributed by atoms with Gasteiger partial charge in [0.15, 0.2) is 17.5 Å². The second-order valence-corrected chi connectivity index (χ2v) is 19.4. The lowest BCUT2D eigenvalue weighted by Gasteiger charge is -2.15. The van der Waals surface area contributed by atoms with Crippen molar-refractivity contribution < 1.29 is 0 Å². The maximum atomic E-state index is 5.47. The Labute approximate surface area is 378 Å². The first-order valence-corrected chi connectivity index (χ1v) is 23.8. The molecule has 0 aliphatic rings. The highest BCUT2D eigenvalue weighted by atomic mass is 32.1. The number of benzene rings is 9. The van der Waals surface area contributed by atoms with E-state index in [4.69, 9.17) is 15.0 Å². The van der Waals surface area contributed by atoms with Crippen LogP contribution in [0.15, 0.2) is 194 Å². The highest BCUT2D eigenvalue weighted by molar-refractivity contribution is 7.27. The van der Waals surface area contributed by atoms with Gasteiger partial charge in [-0.1, -0.05) is 133 Å². The smallest absolute Gasteiger partial charge is 0.165 e. The van der Waals surface area contributed by atoms with Crippen molar-refractivity contribution in [2.24, 2.45) is 0 Å². The Kier molecular flexibility index (Phi) is 7.86. The molecule has 0 aliphatic heterocycles. The SMILES string of the molecule is c1ccc(-c2cc(-c3nc(-c4cccc5c4sc4ccccc45)nc(-c4cccc5c4sc4ccccc45)n3)cc(-n3c4ccccc4c4c5sc6ccccc6c5ccc43)c2)cc1. The molecule has 0 spiro atoms. The molecule has 14 aromatic rings. The standard InChI is InChI=1S/C57H32N4S3/c1-2-14-33(15-3-1)34-30-35(32-36(31-34)61-46-24-8-4-19-43(46)51-47(61)29-28-42-39-18-7-11-27-50(39)64-54(42)51)55-58-56(44-22-12-20-40-37-16-5-9-25-48(37)62-52(40)44)60-57(59-55)45-23-13-21-41-38-17-6-10-26-49(38)63-53(41)45/h1-32H. The lowest BCUT2D eigenvalue weighted by molar-refractivity contribution is 1.08. The molecule has 0 saturated heterocycles. The number of para-hydroxylation sites is 1. The van der Waals surface area contributed by atoms with E-state index in [1.165, 1.54) is 76.8 Å². The average Bonchev–Trinajstić information content (AvgIpc) is 4.13. The topological polar surface area (TPSA) is 43.6 Å². The van der Waals surface area contributed by atoms with E-state index >= 15 is 0 Å². The van der Waals surface area contributed by atoms with Gasteiger partial charge in [-0.3, -0.25) is 0 Å². The summed E-state index contributed by atoms with van der Waals surface area (Å²) in [6.07, 6.45) is 0. The zero-order chi connectivity index (χ0) is 41.9. The summed E-state index contributed by atoms with van der Waals surface area (Å²) in [7, 11) is 0. The monoisotopic (exact) mass is 868 g/mol. The Bertz CT molecular complexity index is 4080. The summed E-state index contributed by atoms with van der Waals surface area (Å²) in [4.78, 5) is 16.3. The van der Waals surface area contributed by atoms with Gasteiger partial charge in [0.05, 0.1) is 11.0 Å². The van der Waals surface area contributed by atoms with Gasteiger partial charge in [0.2, 0.25) is 0 Å². The highest BCUT2D eigenvalue weighted by Gasteiger charge is 2.22. The van der Waals surface area contributed by atoms with Gasteiger partial charge in [0.25, 0.3) is 0 Å². The third-order valence-corrected chi connectivity index (χ3v) is 16.3. The second kappa shape index (κ2) is 14.0. The molecule has 14 rings (SSSR count). The van der Waals surface area contributed by atoms with Crippen LogP contribution in [0.1, 0.15) is 0 Å². The van der Waals surface area contributed by atoms with Crippen LogP contribution in [0, 0.1) is 0 Å². The molecule has 0 unspecified atom stereocenters. The minimum atomic E-state index is 0.628. The first-order chi connectivity index (χ1) is 31.7. The van der Waals surface area contributed by atoms with Gasteiger partial charge in [-0.2, -0.15) is 0 Å². The first kappa shape index (κ1) is 36.0. The van der Waals surface area contributed by atoms with Crippen LogP contribution in [-0.4, -0.2) is 19.5 Å². The molecule has 4 nitrogen and oxygen atoms in total. The van der Waals surface area contributed by atoms with Crippen LogP contribution in [0.4, 0.5) is 0 Å². The number of fused-ring (bicyclic) bond motifs is 13. The van der Waals surface area contributed by atoms with Gasteiger partial charge in [-0.05, 0) is 71.8 Å². The van der Waals surface area contributed by atoms with Crippen molar-refractivity contribution in [1.29, 1.82) is 0 Å². The van der Waals surface area contributed by atoms with Crippen LogP contribution in [0.3, 0.4) is 0 Å². The van der Waals surface area contributed by atoms with Gasteiger partial charge >= 0.3 is 0 Å². The van der Waals surface area contributed by atoms with Crippen LogP contribution in [0.5, 0.6) is 0 Å². The zero-order valence-corrected chi connectivity index (χ0v) is 36.4. The van der Waals surface area contributed by atoms with Gasteiger partial charge in [0, 0.05) is 93.7 Å². The molecule has 0 amide bonds. The van der Waals surface area contributed by atoms with Gasteiger partial charge in [-0.25, -0.2) is 15.0 Å². The van der Waals surface area contributed by atoms with Crippen LogP contribution in [0.25, 0.3) is 133 Å². The quantitative estimate of drug-likeness (QED) is 0.173. The lowest BCUT2D eigenvalue weighted by atomic mass is 10.0. The van der Waals surface area contributed by atoms with E-state index in [-0.39, 0.29) is 0 Å². The van der Waals surface area contributed by atoms with E-state index in [9.17, 15) is 0 Å². The van der Waals surface area contributed by atoms with E-state index in [0.717, 1.165) is 39.0 Å². The number of aromatic nitrogens is 4. The molecule has 5 aromatic heterocycles. The van der Waals surface area contributed by atoms with Crippen LogP contribution in [-0.2, 0) is 0 Å². The number of thiophene rings is 3. The summed E-state index contributed by atoms with van der Waals surface area (Å²) in [6.45, 7) is 0. The van der Waals surface area contributed by atoms with Gasteiger partial charge < -0.3 is 4.57 Å². The minimum Gasteiger partial charge on any atom is -0.309 e. The average molecular weight is 869 g/mol. The highest BCUT2D eigenvalue weighted by Crippen LogP contribution is 2.45. The largest absolute Gasteiger partial charge is 0.309 e. The maximum absolute atomic E-state index is 5.47. The number of nitrogens with zero attached hydrogens (tertiary/aromatic N) is 4. The molecule has 0 atom stereocenters. The summed E-state index contributed by atoms with van der Waals surface area (Å²) < 4.78 is 9.87. The molecule has 0 fully saturated rings. The van der Waals surface area contributed by atoms with Gasteiger partial charge in [-0.15, -0.1) is 34.0 Å². The van der Waals surface area contributed by atoms with Crippen molar-refractivity contribution >= 4 is 116 Å². The van der Waals surface area contributed by atoms with Crippen molar-refractivity contribution in [3.8, 4) is 51.0 Å². The number of hydrogen-bond donors (Lipinski definition) is 0. The van der Waals surface area contributed by atoms with E-state index in [1.807, 2.05) is 11.3 Å². The fourth-order valence-electron chi connectivity index (χ4n) is 9.77. The molecule has 64 heavy (non-hydrogen) atoms. The van der Waals surface area contributed by atoms with E-state index < -0.39 is 0 Å². The molecule has 0 N–H and O–H groups in total. The van der Waals surface area contributed by atoms with E-state index in [0.29, 0.717) is 17.5 Å². The molecule has 0 aliphatic carbocycles. The lowest BCUT2D eigenvalue weighted by Crippen LogP contribution is -2.02. The zero-order valence-electron chi connectivity index (χ0n) is 34.0. The molecular weight excluding hydrogens is 837 g/mol. The Hall–Kier alpha value is -7.55.